The lowest BCUT2D eigenvalue weighted by molar-refractivity contribution is -0.139. The fourth-order valence-corrected chi connectivity index (χ4v) is 4.86. The third-order valence-electron chi connectivity index (χ3n) is 5.24. The molecule has 0 aliphatic carbocycles. The van der Waals surface area contributed by atoms with Crippen molar-refractivity contribution in [3.05, 3.63) is 54.4 Å². The Labute approximate surface area is 181 Å². The predicted octanol–water partition coefficient (Wildman–Crippen LogP) is 0.924. The second-order valence-electron chi connectivity index (χ2n) is 7.24. The summed E-state index contributed by atoms with van der Waals surface area (Å²) in [7, 11) is -2.02. The molecule has 10 heteroatoms. The highest BCUT2D eigenvalue weighted by molar-refractivity contribution is 7.89. The van der Waals surface area contributed by atoms with E-state index in [4.69, 9.17) is 4.74 Å². The number of carbonyl (C=O) groups excluding carboxylic acids is 2. The number of aromatic nitrogens is 1. The van der Waals surface area contributed by atoms with Crippen molar-refractivity contribution in [1.29, 1.82) is 0 Å². The summed E-state index contributed by atoms with van der Waals surface area (Å²) in [5.41, 5.74) is 0.772. The summed E-state index contributed by atoms with van der Waals surface area (Å²) in [6, 6.07) is 10.4. The molecule has 2 N–H and O–H groups in total. The van der Waals surface area contributed by atoms with E-state index in [1.807, 2.05) is 18.2 Å². The Morgan fingerprint density at radius 3 is 2.48 bits per heavy atom. The number of piperidine rings is 1. The smallest absolute Gasteiger partial charge is 0.309 e. The molecule has 0 spiro atoms. The maximum Gasteiger partial charge on any atom is 0.309 e. The van der Waals surface area contributed by atoms with Crippen LogP contribution in [0.25, 0.3) is 0 Å². The van der Waals surface area contributed by atoms with Crippen molar-refractivity contribution in [3.63, 3.8) is 0 Å². The fraction of sp³-hybridized carbons (Fsp3) is 0.381. The summed E-state index contributed by atoms with van der Waals surface area (Å²) in [6.45, 7) is 1.22. The number of amides is 2. The number of hydrogen-bond acceptors (Lipinski definition) is 6. The average molecular weight is 447 g/mol. The van der Waals surface area contributed by atoms with Crippen molar-refractivity contribution in [2.24, 2.45) is 5.92 Å². The maximum atomic E-state index is 12.6. The van der Waals surface area contributed by atoms with E-state index in [1.54, 1.807) is 19.2 Å². The Morgan fingerprint density at radius 2 is 1.81 bits per heavy atom. The van der Waals surface area contributed by atoms with Gasteiger partial charge in [0.2, 0.25) is 10.0 Å². The Hall–Kier alpha value is -2.98. The Kier molecular flexibility index (Phi) is 7.59. The van der Waals surface area contributed by atoms with Crippen molar-refractivity contribution >= 4 is 21.8 Å². The summed E-state index contributed by atoms with van der Waals surface area (Å²) in [5, 5.41) is 5.22. The number of sulfonamides is 1. The summed E-state index contributed by atoms with van der Waals surface area (Å²) >= 11 is 0. The van der Waals surface area contributed by atoms with Crippen molar-refractivity contribution in [1.82, 2.24) is 19.9 Å². The molecule has 166 valence electrons. The van der Waals surface area contributed by atoms with Crippen LogP contribution in [-0.2, 0) is 26.2 Å². The first-order chi connectivity index (χ1) is 14.9. The van der Waals surface area contributed by atoms with E-state index in [2.05, 4.69) is 15.6 Å². The van der Waals surface area contributed by atoms with Gasteiger partial charge in [0.1, 0.15) is 10.6 Å². The van der Waals surface area contributed by atoms with Gasteiger partial charge in [-0.05, 0) is 37.0 Å². The first-order valence-electron chi connectivity index (χ1n) is 10.00. The van der Waals surface area contributed by atoms with E-state index in [1.165, 1.54) is 22.8 Å². The highest BCUT2D eigenvalue weighted by atomic mass is 32.2. The first-order valence-corrected chi connectivity index (χ1v) is 11.4. The number of hydrogen-bond donors (Lipinski definition) is 2. The van der Waals surface area contributed by atoms with E-state index in [9.17, 15) is 18.0 Å². The highest BCUT2D eigenvalue weighted by Gasteiger charge is 2.29. The minimum absolute atomic E-state index is 0.103. The van der Waals surface area contributed by atoms with Gasteiger partial charge in [0.05, 0.1) is 7.11 Å². The zero-order valence-corrected chi connectivity index (χ0v) is 18.1. The number of ether oxygens (including phenoxy) is 1. The van der Waals surface area contributed by atoms with Crippen molar-refractivity contribution < 1.29 is 22.7 Å². The van der Waals surface area contributed by atoms with Crippen LogP contribution in [0.2, 0.25) is 0 Å². The molecule has 2 aromatic rings. The van der Waals surface area contributed by atoms with Gasteiger partial charge in [-0.3, -0.25) is 14.6 Å². The number of para-hydroxylation sites is 1. The summed E-state index contributed by atoms with van der Waals surface area (Å²) < 4.78 is 31.9. The largest absolute Gasteiger partial charge is 0.496 e. The van der Waals surface area contributed by atoms with Crippen LogP contribution >= 0.6 is 0 Å². The number of benzene rings is 1. The van der Waals surface area contributed by atoms with Crippen LogP contribution in [0.4, 0.5) is 0 Å². The molecule has 2 heterocycles. The summed E-state index contributed by atoms with van der Waals surface area (Å²) in [6.07, 6.45) is 4.07. The average Bonchev–Trinajstić information content (AvgIpc) is 2.82. The van der Waals surface area contributed by atoms with Crippen molar-refractivity contribution in [2.75, 3.05) is 26.7 Å². The quantitative estimate of drug-likeness (QED) is 0.611. The van der Waals surface area contributed by atoms with Crippen LogP contribution < -0.4 is 15.4 Å². The van der Waals surface area contributed by atoms with Crippen LogP contribution in [0.3, 0.4) is 0 Å². The molecular formula is C21H26N4O5S. The minimum Gasteiger partial charge on any atom is -0.496 e. The lowest BCUT2D eigenvalue weighted by atomic mass is 9.98. The predicted molar refractivity (Wildman–Crippen MR) is 114 cm³/mol. The van der Waals surface area contributed by atoms with Crippen molar-refractivity contribution in [3.8, 4) is 5.75 Å². The SMILES string of the molecule is COc1ccccc1CNC(=O)C(=O)NCC1CCN(S(=O)(=O)c2cccnc2)CC1. The molecule has 0 saturated carbocycles. The number of methoxy groups -OCH3 is 1. The number of nitrogens with zero attached hydrogens (tertiary/aromatic N) is 2. The van der Waals surface area contributed by atoms with Gasteiger partial charge in [-0.1, -0.05) is 18.2 Å². The maximum absolute atomic E-state index is 12.6. The van der Waals surface area contributed by atoms with Gasteiger partial charge in [-0.15, -0.1) is 0 Å². The Balaban J connectivity index is 1.43. The van der Waals surface area contributed by atoms with Crippen LogP contribution in [0, 0.1) is 5.92 Å². The normalized spacial score (nSPS) is 15.3. The molecule has 2 amide bonds. The Bertz CT molecular complexity index is 1010. The molecule has 3 rings (SSSR count). The van der Waals surface area contributed by atoms with E-state index >= 15 is 0 Å². The molecule has 1 aromatic heterocycles. The third-order valence-corrected chi connectivity index (χ3v) is 7.12. The molecule has 1 aromatic carbocycles. The molecule has 0 atom stereocenters. The van der Waals surface area contributed by atoms with E-state index in [0.29, 0.717) is 38.2 Å². The van der Waals surface area contributed by atoms with Crippen LogP contribution in [0.5, 0.6) is 5.75 Å². The minimum atomic E-state index is -3.56. The lowest BCUT2D eigenvalue weighted by Crippen LogP contribution is -2.44. The zero-order chi connectivity index (χ0) is 22.3. The van der Waals surface area contributed by atoms with E-state index < -0.39 is 21.8 Å². The molecule has 1 fully saturated rings. The monoisotopic (exact) mass is 446 g/mol. The second-order valence-corrected chi connectivity index (χ2v) is 9.18. The topological polar surface area (TPSA) is 118 Å². The lowest BCUT2D eigenvalue weighted by Gasteiger charge is -2.31. The Morgan fingerprint density at radius 1 is 1.10 bits per heavy atom. The van der Waals surface area contributed by atoms with Gasteiger partial charge in [-0.25, -0.2) is 8.42 Å². The van der Waals surface area contributed by atoms with Gasteiger partial charge in [-0.2, -0.15) is 4.31 Å². The molecule has 0 unspecified atom stereocenters. The molecule has 0 radical (unpaired) electrons. The molecule has 1 aliphatic rings. The number of pyridine rings is 1. The summed E-state index contributed by atoms with van der Waals surface area (Å²) in [4.78, 5) is 28.2. The zero-order valence-electron chi connectivity index (χ0n) is 17.3. The first kappa shape index (κ1) is 22.7. The molecule has 1 saturated heterocycles. The third kappa shape index (κ3) is 5.80. The van der Waals surface area contributed by atoms with E-state index in [-0.39, 0.29) is 17.4 Å². The van der Waals surface area contributed by atoms with Gasteiger partial charge < -0.3 is 15.4 Å². The van der Waals surface area contributed by atoms with Gasteiger partial charge >= 0.3 is 11.8 Å². The van der Waals surface area contributed by atoms with Gasteiger partial charge in [0, 0.05) is 44.1 Å². The van der Waals surface area contributed by atoms with Crippen LogP contribution in [0.15, 0.2) is 53.7 Å². The van der Waals surface area contributed by atoms with E-state index in [0.717, 1.165) is 5.56 Å². The number of rotatable bonds is 7. The number of carbonyl (C=O) groups is 2. The van der Waals surface area contributed by atoms with Crippen molar-refractivity contribution in [2.45, 2.75) is 24.3 Å². The molecular weight excluding hydrogens is 420 g/mol. The molecule has 1 aliphatic heterocycles. The highest BCUT2D eigenvalue weighted by Crippen LogP contribution is 2.23. The fourth-order valence-electron chi connectivity index (χ4n) is 3.42. The van der Waals surface area contributed by atoms with Gasteiger partial charge in [0.15, 0.2) is 0 Å². The number of nitrogens with one attached hydrogen (secondary N) is 2. The second kappa shape index (κ2) is 10.4. The summed E-state index contributed by atoms with van der Waals surface area (Å²) in [5.74, 6) is -0.690. The van der Waals surface area contributed by atoms with Crippen LogP contribution in [-0.4, -0.2) is 56.3 Å². The molecule has 9 nitrogen and oxygen atoms in total. The van der Waals surface area contributed by atoms with Crippen LogP contribution in [0.1, 0.15) is 18.4 Å². The standard InChI is InChI=1S/C21H26N4O5S/c1-30-19-7-3-2-5-17(19)14-24-21(27)20(26)23-13-16-8-11-25(12-9-16)31(28,29)18-6-4-10-22-15-18/h2-7,10,15-16H,8-9,11-14H2,1H3,(H,23,26)(H,24,27). The van der Waals surface area contributed by atoms with Gasteiger partial charge in [0.25, 0.3) is 0 Å². The molecule has 31 heavy (non-hydrogen) atoms. The molecule has 0 bridgehead atoms.